The minimum atomic E-state index is -0.632. The van der Waals surface area contributed by atoms with Gasteiger partial charge in [-0.05, 0) is 46.7 Å². The molecule has 0 aliphatic heterocycles. The second kappa shape index (κ2) is 9.32. The monoisotopic (exact) mass is 271 g/mol. The van der Waals surface area contributed by atoms with E-state index in [2.05, 4.69) is 37.9 Å². The molecule has 0 rings (SSSR count). The number of nitrogens with two attached hydrogens (primary N) is 1. The lowest BCUT2D eigenvalue weighted by Crippen LogP contribution is -2.60. The van der Waals surface area contributed by atoms with Gasteiger partial charge in [-0.15, -0.1) is 0 Å². The van der Waals surface area contributed by atoms with E-state index in [1.165, 1.54) is 19.3 Å². The van der Waals surface area contributed by atoms with E-state index in [4.69, 9.17) is 5.73 Å². The van der Waals surface area contributed by atoms with Crippen molar-refractivity contribution >= 4 is 5.91 Å². The normalized spacial score (nSPS) is 14.9. The van der Waals surface area contributed by atoms with Gasteiger partial charge in [-0.25, -0.2) is 0 Å². The molecule has 0 bridgehead atoms. The van der Waals surface area contributed by atoms with E-state index in [1.54, 1.807) is 0 Å². The second-order valence-corrected chi connectivity index (χ2v) is 5.89. The van der Waals surface area contributed by atoms with E-state index >= 15 is 0 Å². The fourth-order valence-corrected chi connectivity index (χ4v) is 2.11. The van der Waals surface area contributed by atoms with Gasteiger partial charge >= 0.3 is 0 Å². The van der Waals surface area contributed by atoms with E-state index in [0.29, 0.717) is 12.6 Å². The maximum Gasteiger partial charge on any atom is 0.238 e. The molecule has 1 unspecified atom stereocenters. The number of hydrogen-bond acceptors (Lipinski definition) is 3. The number of carbonyl (C=O) groups excluding carboxylic acids is 1. The third-order valence-corrected chi connectivity index (χ3v) is 3.61. The van der Waals surface area contributed by atoms with Crippen molar-refractivity contribution in [2.45, 2.75) is 71.9 Å². The molecular weight excluding hydrogens is 238 g/mol. The molecule has 0 aromatic carbocycles. The van der Waals surface area contributed by atoms with Crippen LogP contribution in [0.2, 0.25) is 0 Å². The summed E-state index contributed by atoms with van der Waals surface area (Å²) in [5.41, 5.74) is 4.95. The maximum absolute atomic E-state index is 11.7. The van der Waals surface area contributed by atoms with Crippen molar-refractivity contribution in [2.75, 3.05) is 19.6 Å². The smallest absolute Gasteiger partial charge is 0.238 e. The van der Waals surface area contributed by atoms with Gasteiger partial charge in [0.15, 0.2) is 0 Å². The molecule has 0 fully saturated rings. The van der Waals surface area contributed by atoms with Crippen LogP contribution in [0.3, 0.4) is 0 Å². The predicted octanol–water partition coefficient (Wildman–Crippen LogP) is 2.13. The Kier molecular flexibility index (Phi) is 9.02. The predicted molar refractivity (Wildman–Crippen MR) is 82.1 cm³/mol. The number of nitrogens with zero attached hydrogens (tertiary/aromatic N) is 1. The molecule has 0 aliphatic rings. The summed E-state index contributed by atoms with van der Waals surface area (Å²) in [6.45, 7) is 13.1. The van der Waals surface area contributed by atoms with Crippen LogP contribution in [0.1, 0.15) is 60.3 Å². The Morgan fingerprint density at radius 1 is 1.26 bits per heavy atom. The van der Waals surface area contributed by atoms with Gasteiger partial charge in [0.25, 0.3) is 0 Å². The lowest BCUT2D eigenvalue weighted by atomic mass is 9.99. The molecule has 4 nitrogen and oxygen atoms in total. The molecule has 0 aromatic rings. The highest BCUT2D eigenvalue weighted by atomic mass is 16.1. The molecule has 114 valence electrons. The number of rotatable bonds is 11. The summed E-state index contributed by atoms with van der Waals surface area (Å²) in [6.07, 6.45) is 4.63. The lowest BCUT2D eigenvalue weighted by molar-refractivity contribution is -0.124. The highest BCUT2D eigenvalue weighted by Gasteiger charge is 2.33. The first-order chi connectivity index (χ1) is 8.87. The van der Waals surface area contributed by atoms with Gasteiger partial charge in [0.1, 0.15) is 5.54 Å². The molecule has 0 heterocycles. The Bertz CT molecular complexity index is 256. The van der Waals surface area contributed by atoms with Crippen LogP contribution in [0.4, 0.5) is 0 Å². The van der Waals surface area contributed by atoms with Crippen LogP contribution in [0.5, 0.6) is 0 Å². The summed E-state index contributed by atoms with van der Waals surface area (Å²) in [5.74, 6) is -0.262. The van der Waals surface area contributed by atoms with Gasteiger partial charge in [0, 0.05) is 12.6 Å². The zero-order valence-electron chi connectivity index (χ0n) is 13.5. The average molecular weight is 271 g/mol. The molecule has 0 spiro atoms. The number of unbranched alkanes of at least 4 members (excludes halogenated alkanes) is 2. The Morgan fingerprint density at radius 2 is 1.89 bits per heavy atom. The number of hydrogen-bond donors (Lipinski definition) is 2. The molecule has 4 heteroatoms. The molecule has 0 saturated heterocycles. The van der Waals surface area contributed by atoms with Crippen LogP contribution in [0.25, 0.3) is 0 Å². The van der Waals surface area contributed by atoms with Crippen LogP contribution in [0.15, 0.2) is 0 Å². The van der Waals surface area contributed by atoms with Crippen LogP contribution in [-0.2, 0) is 4.79 Å². The van der Waals surface area contributed by atoms with Crippen LogP contribution in [-0.4, -0.2) is 42.0 Å². The van der Waals surface area contributed by atoms with Crippen molar-refractivity contribution in [3.8, 4) is 0 Å². The first kappa shape index (κ1) is 18.4. The van der Waals surface area contributed by atoms with Crippen molar-refractivity contribution in [3.63, 3.8) is 0 Å². The number of amides is 1. The molecular formula is C15H33N3O. The third kappa shape index (κ3) is 6.92. The highest BCUT2D eigenvalue weighted by Crippen LogP contribution is 2.11. The van der Waals surface area contributed by atoms with Crippen molar-refractivity contribution in [1.82, 2.24) is 10.2 Å². The van der Waals surface area contributed by atoms with E-state index in [1.807, 2.05) is 6.92 Å². The summed E-state index contributed by atoms with van der Waals surface area (Å²) in [5, 5.41) is 3.30. The topological polar surface area (TPSA) is 58.4 Å². The molecule has 0 radical (unpaired) electrons. The van der Waals surface area contributed by atoms with E-state index in [-0.39, 0.29) is 5.91 Å². The first-order valence-electron chi connectivity index (χ1n) is 7.66. The van der Waals surface area contributed by atoms with Gasteiger partial charge in [-0.1, -0.05) is 26.7 Å². The van der Waals surface area contributed by atoms with Crippen molar-refractivity contribution in [3.05, 3.63) is 0 Å². The average Bonchev–Trinajstić information content (AvgIpc) is 2.35. The van der Waals surface area contributed by atoms with Crippen LogP contribution >= 0.6 is 0 Å². The number of nitrogens with one attached hydrogen (secondary N) is 1. The lowest BCUT2D eigenvalue weighted by Gasteiger charge is -2.36. The van der Waals surface area contributed by atoms with Crippen molar-refractivity contribution in [2.24, 2.45) is 5.73 Å². The van der Waals surface area contributed by atoms with Crippen molar-refractivity contribution in [1.29, 1.82) is 0 Å². The Balaban J connectivity index is 4.60. The summed E-state index contributed by atoms with van der Waals surface area (Å²) in [7, 11) is 0. The standard InChI is InChI=1S/C15H33N3O/c1-6-8-9-11-18(13(3)4)12-15(5,14(16)19)17-10-7-2/h13,17H,6-12H2,1-5H3,(H2,16,19). The fraction of sp³-hybridized carbons (Fsp3) is 0.933. The minimum absolute atomic E-state index is 0.262. The second-order valence-electron chi connectivity index (χ2n) is 5.89. The number of primary amides is 1. The van der Waals surface area contributed by atoms with Crippen LogP contribution < -0.4 is 11.1 Å². The van der Waals surface area contributed by atoms with E-state index in [0.717, 1.165) is 19.5 Å². The van der Waals surface area contributed by atoms with E-state index in [9.17, 15) is 4.79 Å². The van der Waals surface area contributed by atoms with Gasteiger partial charge in [0.05, 0.1) is 0 Å². The zero-order chi connectivity index (χ0) is 14.9. The molecule has 0 saturated carbocycles. The van der Waals surface area contributed by atoms with Gasteiger partial charge in [0.2, 0.25) is 5.91 Å². The molecule has 1 amide bonds. The summed E-state index contributed by atoms with van der Waals surface area (Å²) < 4.78 is 0. The highest BCUT2D eigenvalue weighted by molar-refractivity contribution is 5.84. The largest absolute Gasteiger partial charge is 0.368 e. The number of carbonyl (C=O) groups is 1. The summed E-state index contributed by atoms with van der Waals surface area (Å²) >= 11 is 0. The van der Waals surface area contributed by atoms with E-state index < -0.39 is 5.54 Å². The van der Waals surface area contributed by atoms with Gasteiger partial charge in [-0.3, -0.25) is 9.69 Å². The Hall–Kier alpha value is -0.610. The Morgan fingerprint density at radius 3 is 2.32 bits per heavy atom. The molecule has 19 heavy (non-hydrogen) atoms. The zero-order valence-corrected chi connectivity index (χ0v) is 13.5. The first-order valence-corrected chi connectivity index (χ1v) is 7.66. The minimum Gasteiger partial charge on any atom is -0.368 e. The van der Waals surface area contributed by atoms with Gasteiger partial charge < -0.3 is 11.1 Å². The summed E-state index contributed by atoms with van der Waals surface area (Å²) in [6, 6.07) is 0.430. The molecule has 0 aromatic heterocycles. The maximum atomic E-state index is 11.7. The third-order valence-electron chi connectivity index (χ3n) is 3.61. The SMILES string of the molecule is CCCCCN(CC(C)(NCCC)C(N)=O)C(C)C. The fourth-order valence-electron chi connectivity index (χ4n) is 2.11. The molecule has 0 aliphatic carbocycles. The van der Waals surface area contributed by atoms with Crippen LogP contribution in [0, 0.1) is 0 Å². The quantitative estimate of drug-likeness (QED) is 0.566. The Labute approximate surface area is 119 Å². The summed E-state index contributed by atoms with van der Waals surface area (Å²) in [4.78, 5) is 14.1. The molecule has 1 atom stereocenters. The molecule has 3 N–H and O–H groups in total. The van der Waals surface area contributed by atoms with Gasteiger partial charge in [-0.2, -0.15) is 0 Å². The van der Waals surface area contributed by atoms with Crippen molar-refractivity contribution < 1.29 is 4.79 Å².